The molecule has 9 aromatic rings. The van der Waals surface area contributed by atoms with Gasteiger partial charge in [0.05, 0.1) is 11.2 Å². The maximum absolute atomic E-state index is 5.28. The molecule has 3 heteroatoms. The average molecular weight is 680 g/mol. The molecule has 0 saturated heterocycles. The van der Waals surface area contributed by atoms with E-state index in [1.54, 1.807) is 0 Å². The number of anilines is 3. The number of aromatic nitrogens is 2. The SMILES string of the molecule is CC1(C)c2ccccc2-c2cc(N(c3ccccc3)c3ccc(-c4cccc(-c5nn(-c6ccccc6)c6c5ccc5ccccc56)c4)cc3)ccc21. The van der Waals surface area contributed by atoms with Crippen LogP contribution < -0.4 is 4.90 Å². The second-order valence-electron chi connectivity index (χ2n) is 14.5. The van der Waals surface area contributed by atoms with Crippen molar-refractivity contribution in [2.75, 3.05) is 4.90 Å². The molecule has 0 aliphatic heterocycles. The van der Waals surface area contributed by atoms with Crippen molar-refractivity contribution in [3.05, 3.63) is 199 Å². The maximum atomic E-state index is 5.28. The first kappa shape index (κ1) is 31.1. The van der Waals surface area contributed by atoms with Crippen LogP contribution in [0.2, 0.25) is 0 Å². The number of hydrogen-bond acceptors (Lipinski definition) is 2. The van der Waals surface area contributed by atoms with Gasteiger partial charge in [-0.15, -0.1) is 0 Å². The van der Waals surface area contributed by atoms with Gasteiger partial charge < -0.3 is 4.90 Å². The first-order valence-electron chi connectivity index (χ1n) is 18.3. The number of fused-ring (bicyclic) bond motifs is 6. The number of hydrogen-bond donors (Lipinski definition) is 0. The van der Waals surface area contributed by atoms with Gasteiger partial charge in [-0.3, -0.25) is 0 Å². The molecule has 0 fully saturated rings. The fourth-order valence-electron chi connectivity index (χ4n) is 8.37. The van der Waals surface area contributed by atoms with Gasteiger partial charge in [0, 0.05) is 38.8 Å². The van der Waals surface area contributed by atoms with E-state index in [0.717, 1.165) is 56.0 Å². The van der Waals surface area contributed by atoms with E-state index >= 15 is 0 Å². The minimum absolute atomic E-state index is 0.0298. The van der Waals surface area contributed by atoms with Crippen LogP contribution in [0.1, 0.15) is 25.0 Å². The second-order valence-corrected chi connectivity index (χ2v) is 14.5. The summed E-state index contributed by atoms with van der Waals surface area (Å²) in [5, 5.41) is 8.81. The molecule has 0 radical (unpaired) electrons. The van der Waals surface area contributed by atoms with Gasteiger partial charge in [0.15, 0.2) is 0 Å². The van der Waals surface area contributed by atoms with E-state index in [9.17, 15) is 0 Å². The van der Waals surface area contributed by atoms with Crippen LogP contribution in [0.25, 0.3) is 60.9 Å². The molecule has 8 aromatic carbocycles. The van der Waals surface area contributed by atoms with Gasteiger partial charge >= 0.3 is 0 Å². The van der Waals surface area contributed by atoms with Gasteiger partial charge in [-0.25, -0.2) is 4.68 Å². The topological polar surface area (TPSA) is 21.1 Å². The third-order valence-corrected chi connectivity index (χ3v) is 11.0. The number of benzene rings is 8. The Balaban J connectivity index is 1.05. The fraction of sp³-hybridized carbons (Fsp3) is 0.0600. The predicted molar refractivity (Wildman–Crippen MR) is 222 cm³/mol. The molecular formula is C50H37N3. The molecule has 53 heavy (non-hydrogen) atoms. The van der Waals surface area contributed by atoms with Crippen LogP contribution in [0.5, 0.6) is 0 Å². The Kier molecular flexibility index (Phi) is 7.16. The molecule has 0 saturated carbocycles. The quantitative estimate of drug-likeness (QED) is 0.174. The molecule has 252 valence electrons. The molecule has 1 aliphatic carbocycles. The molecule has 1 aromatic heterocycles. The summed E-state index contributed by atoms with van der Waals surface area (Å²) >= 11 is 0. The van der Waals surface area contributed by atoms with Crippen molar-refractivity contribution in [3.63, 3.8) is 0 Å². The molecule has 3 nitrogen and oxygen atoms in total. The highest BCUT2D eigenvalue weighted by atomic mass is 15.3. The zero-order chi connectivity index (χ0) is 35.5. The Labute approximate surface area is 310 Å². The van der Waals surface area contributed by atoms with Crippen LogP contribution in [-0.4, -0.2) is 9.78 Å². The summed E-state index contributed by atoms with van der Waals surface area (Å²) in [7, 11) is 0. The van der Waals surface area contributed by atoms with Crippen LogP contribution in [-0.2, 0) is 5.41 Å². The van der Waals surface area contributed by atoms with E-state index in [1.165, 1.54) is 33.0 Å². The first-order valence-corrected chi connectivity index (χ1v) is 18.3. The van der Waals surface area contributed by atoms with Crippen molar-refractivity contribution in [1.29, 1.82) is 0 Å². The number of rotatable bonds is 6. The lowest BCUT2D eigenvalue weighted by atomic mass is 9.82. The van der Waals surface area contributed by atoms with Crippen molar-refractivity contribution in [1.82, 2.24) is 9.78 Å². The summed E-state index contributed by atoms with van der Waals surface area (Å²) in [6.45, 7) is 4.67. The predicted octanol–water partition coefficient (Wildman–Crippen LogP) is 13.3. The molecule has 0 unspecified atom stereocenters. The Morgan fingerprint density at radius 2 is 1.11 bits per heavy atom. The Hall–Kier alpha value is -6.71. The Morgan fingerprint density at radius 1 is 0.453 bits per heavy atom. The molecule has 0 bridgehead atoms. The van der Waals surface area contributed by atoms with Gasteiger partial charge in [0.25, 0.3) is 0 Å². The van der Waals surface area contributed by atoms with Crippen molar-refractivity contribution in [2.24, 2.45) is 0 Å². The summed E-state index contributed by atoms with van der Waals surface area (Å²) in [4.78, 5) is 2.36. The maximum Gasteiger partial charge on any atom is 0.101 e. The van der Waals surface area contributed by atoms with Gasteiger partial charge in [0.1, 0.15) is 5.69 Å². The van der Waals surface area contributed by atoms with E-state index in [-0.39, 0.29) is 5.41 Å². The van der Waals surface area contributed by atoms with E-state index in [1.807, 2.05) is 6.07 Å². The zero-order valence-corrected chi connectivity index (χ0v) is 29.7. The highest BCUT2D eigenvalue weighted by Crippen LogP contribution is 2.50. The van der Waals surface area contributed by atoms with E-state index in [4.69, 9.17) is 5.10 Å². The third-order valence-electron chi connectivity index (χ3n) is 11.0. The molecule has 0 atom stereocenters. The molecule has 0 spiro atoms. The highest BCUT2D eigenvalue weighted by Gasteiger charge is 2.35. The van der Waals surface area contributed by atoms with Crippen molar-refractivity contribution in [2.45, 2.75) is 19.3 Å². The largest absolute Gasteiger partial charge is 0.310 e. The summed E-state index contributed by atoms with van der Waals surface area (Å²) in [5.74, 6) is 0. The molecule has 0 amide bonds. The minimum Gasteiger partial charge on any atom is -0.310 e. The monoisotopic (exact) mass is 679 g/mol. The van der Waals surface area contributed by atoms with E-state index in [0.29, 0.717) is 0 Å². The second kappa shape index (κ2) is 12.2. The van der Waals surface area contributed by atoms with Crippen molar-refractivity contribution >= 4 is 38.7 Å². The smallest absolute Gasteiger partial charge is 0.101 e. The van der Waals surface area contributed by atoms with Crippen molar-refractivity contribution < 1.29 is 0 Å². The number of nitrogens with zero attached hydrogens (tertiary/aromatic N) is 3. The summed E-state index contributed by atoms with van der Waals surface area (Å²) in [6, 6.07) is 67.7. The van der Waals surface area contributed by atoms with E-state index in [2.05, 4.69) is 205 Å². The van der Waals surface area contributed by atoms with E-state index < -0.39 is 0 Å². The van der Waals surface area contributed by atoms with Crippen LogP contribution in [0.3, 0.4) is 0 Å². The van der Waals surface area contributed by atoms with Crippen LogP contribution in [0, 0.1) is 0 Å². The number of para-hydroxylation sites is 2. The molecule has 1 aliphatic rings. The summed E-state index contributed by atoms with van der Waals surface area (Å²) in [5.41, 5.74) is 15.3. The Bertz CT molecular complexity index is 2790. The summed E-state index contributed by atoms with van der Waals surface area (Å²) in [6.07, 6.45) is 0. The standard InChI is InChI=1S/C50H37N3/c1-50(2)46-23-12-11-22-43(46)45-33-41(29-31-47(45)50)52(38-17-5-3-6-18-38)39-27-24-34(25-28-39)36-15-13-16-37(32-36)48-44-30-26-35-14-9-10-21-42(35)49(44)53(51-48)40-19-7-4-8-20-40/h3-33H,1-2H3. The highest BCUT2D eigenvalue weighted by molar-refractivity contribution is 6.10. The molecule has 10 rings (SSSR count). The van der Waals surface area contributed by atoms with Crippen LogP contribution in [0.4, 0.5) is 17.1 Å². The van der Waals surface area contributed by atoms with Crippen LogP contribution >= 0.6 is 0 Å². The molecule has 1 heterocycles. The lowest BCUT2D eigenvalue weighted by molar-refractivity contribution is 0.660. The van der Waals surface area contributed by atoms with Crippen LogP contribution in [0.15, 0.2) is 188 Å². The first-order chi connectivity index (χ1) is 26.0. The molecular weight excluding hydrogens is 643 g/mol. The minimum atomic E-state index is -0.0298. The lowest BCUT2D eigenvalue weighted by Crippen LogP contribution is -2.15. The fourth-order valence-corrected chi connectivity index (χ4v) is 8.37. The van der Waals surface area contributed by atoms with Gasteiger partial charge in [-0.2, -0.15) is 5.10 Å². The Morgan fingerprint density at radius 3 is 1.94 bits per heavy atom. The molecule has 0 N–H and O–H groups in total. The normalized spacial score (nSPS) is 12.9. The van der Waals surface area contributed by atoms with Gasteiger partial charge in [0.2, 0.25) is 0 Å². The van der Waals surface area contributed by atoms with Crippen molar-refractivity contribution in [3.8, 4) is 39.2 Å². The zero-order valence-electron chi connectivity index (χ0n) is 29.7. The summed E-state index contributed by atoms with van der Waals surface area (Å²) < 4.78 is 2.10. The average Bonchev–Trinajstić information content (AvgIpc) is 3.72. The van der Waals surface area contributed by atoms with Gasteiger partial charge in [-0.05, 0) is 99.4 Å². The lowest BCUT2D eigenvalue weighted by Gasteiger charge is -2.27. The van der Waals surface area contributed by atoms with Gasteiger partial charge in [-0.1, -0.05) is 141 Å². The third kappa shape index (κ3) is 5.08.